The van der Waals surface area contributed by atoms with Crippen LogP contribution in [0.3, 0.4) is 0 Å². The Labute approximate surface area is 109 Å². The third-order valence-corrected chi connectivity index (χ3v) is 4.86. The van der Waals surface area contributed by atoms with Crippen molar-refractivity contribution in [2.45, 2.75) is 37.5 Å². The largest absolute Gasteiger partial charge is 0.481 e. The van der Waals surface area contributed by atoms with Gasteiger partial charge in [-0.05, 0) is 24.5 Å². The number of carboxylic acid groups (broad SMARTS) is 1. The second-order valence-electron chi connectivity index (χ2n) is 4.95. The highest BCUT2D eigenvalue weighted by Gasteiger charge is 2.42. The molecule has 0 bridgehead atoms. The Balaban J connectivity index is 2.20. The molecular formula is C14H15NO2S. The molecule has 1 N–H and O–H groups in total. The zero-order chi connectivity index (χ0) is 12.6. The molecule has 0 saturated heterocycles. The van der Waals surface area contributed by atoms with Gasteiger partial charge in [-0.1, -0.05) is 31.4 Å². The van der Waals surface area contributed by atoms with E-state index in [2.05, 4.69) is 4.98 Å². The molecule has 1 fully saturated rings. The third-order valence-electron chi connectivity index (χ3n) is 3.99. The van der Waals surface area contributed by atoms with E-state index in [1.165, 1.54) is 0 Å². The van der Waals surface area contributed by atoms with Crippen molar-refractivity contribution in [2.24, 2.45) is 0 Å². The van der Waals surface area contributed by atoms with Gasteiger partial charge >= 0.3 is 5.97 Å². The lowest BCUT2D eigenvalue weighted by Gasteiger charge is -2.33. The van der Waals surface area contributed by atoms with Crippen molar-refractivity contribution in [1.82, 2.24) is 4.98 Å². The molecule has 18 heavy (non-hydrogen) atoms. The standard InChI is InChI=1S/C14H15NO2S/c16-13(17)14(7-2-1-3-8-14)10-5-4-6-11-12(10)18-9-15-11/h4-6,9H,1-3,7-8H2,(H,16,17). The van der Waals surface area contributed by atoms with Crippen molar-refractivity contribution in [3.8, 4) is 0 Å². The summed E-state index contributed by atoms with van der Waals surface area (Å²) >= 11 is 1.55. The minimum Gasteiger partial charge on any atom is -0.481 e. The second-order valence-corrected chi connectivity index (χ2v) is 5.81. The molecule has 3 rings (SSSR count). The van der Waals surface area contributed by atoms with Gasteiger partial charge in [0, 0.05) is 0 Å². The van der Waals surface area contributed by atoms with Crippen LogP contribution in [0.1, 0.15) is 37.7 Å². The van der Waals surface area contributed by atoms with Gasteiger partial charge in [-0.25, -0.2) is 4.98 Å². The highest BCUT2D eigenvalue weighted by Crippen LogP contribution is 2.43. The molecule has 2 aromatic rings. The summed E-state index contributed by atoms with van der Waals surface area (Å²) in [5, 5.41) is 9.72. The van der Waals surface area contributed by atoms with E-state index in [-0.39, 0.29) is 0 Å². The van der Waals surface area contributed by atoms with Crippen LogP contribution in [0.5, 0.6) is 0 Å². The van der Waals surface area contributed by atoms with Crippen LogP contribution in [0.25, 0.3) is 10.2 Å². The SMILES string of the molecule is O=C(O)C1(c2cccc3ncsc23)CCCCC1. The third kappa shape index (κ3) is 1.63. The van der Waals surface area contributed by atoms with Gasteiger partial charge in [0.15, 0.2) is 0 Å². The van der Waals surface area contributed by atoms with Gasteiger partial charge in [0.05, 0.1) is 21.1 Å². The summed E-state index contributed by atoms with van der Waals surface area (Å²) in [5.41, 5.74) is 3.00. The molecule has 94 valence electrons. The van der Waals surface area contributed by atoms with E-state index < -0.39 is 11.4 Å². The summed E-state index contributed by atoms with van der Waals surface area (Å²) in [5.74, 6) is -0.678. The number of carbonyl (C=O) groups is 1. The fourth-order valence-electron chi connectivity index (χ4n) is 3.02. The van der Waals surface area contributed by atoms with Crippen LogP contribution in [0.2, 0.25) is 0 Å². The highest BCUT2D eigenvalue weighted by molar-refractivity contribution is 7.17. The number of nitrogens with zero attached hydrogens (tertiary/aromatic N) is 1. The number of benzene rings is 1. The monoisotopic (exact) mass is 261 g/mol. The normalized spacial score (nSPS) is 18.9. The maximum absolute atomic E-state index is 11.8. The molecule has 0 spiro atoms. The van der Waals surface area contributed by atoms with E-state index in [4.69, 9.17) is 0 Å². The molecule has 3 nitrogen and oxygen atoms in total. The predicted molar refractivity (Wildman–Crippen MR) is 72.0 cm³/mol. The molecule has 0 aliphatic heterocycles. The van der Waals surface area contributed by atoms with E-state index in [1.54, 1.807) is 16.8 Å². The van der Waals surface area contributed by atoms with Gasteiger partial charge in [0.2, 0.25) is 0 Å². The second kappa shape index (κ2) is 4.35. The van der Waals surface area contributed by atoms with Crippen molar-refractivity contribution in [3.63, 3.8) is 0 Å². The maximum Gasteiger partial charge on any atom is 0.314 e. The molecule has 0 unspecified atom stereocenters. The molecule has 4 heteroatoms. The minimum atomic E-state index is -0.690. The first-order valence-electron chi connectivity index (χ1n) is 6.30. The number of aromatic nitrogens is 1. The molecule has 0 amide bonds. The molecule has 1 heterocycles. The van der Waals surface area contributed by atoms with Crippen LogP contribution in [-0.2, 0) is 10.2 Å². The smallest absolute Gasteiger partial charge is 0.314 e. The average Bonchev–Trinajstić information content (AvgIpc) is 2.87. The number of rotatable bonds is 2. The van der Waals surface area contributed by atoms with Gasteiger partial charge in [-0.2, -0.15) is 0 Å². The van der Waals surface area contributed by atoms with Crippen LogP contribution < -0.4 is 0 Å². The van der Waals surface area contributed by atoms with Crippen molar-refractivity contribution in [2.75, 3.05) is 0 Å². The quantitative estimate of drug-likeness (QED) is 0.898. The Morgan fingerprint density at radius 3 is 2.78 bits per heavy atom. The van der Waals surface area contributed by atoms with Crippen LogP contribution in [0, 0.1) is 0 Å². The van der Waals surface area contributed by atoms with E-state index >= 15 is 0 Å². The molecule has 1 aliphatic rings. The van der Waals surface area contributed by atoms with Crippen LogP contribution in [0.4, 0.5) is 0 Å². The Morgan fingerprint density at radius 2 is 2.06 bits per heavy atom. The highest BCUT2D eigenvalue weighted by atomic mass is 32.1. The first-order valence-corrected chi connectivity index (χ1v) is 7.18. The lowest BCUT2D eigenvalue weighted by molar-refractivity contribution is -0.145. The van der Waals surface area contributed by atoms with Crippen LogP contribution >= 0.6 is 11.3 Å². The van der Waals surface area contributed by atoms with Crippen LogP contribution in [-0.4, -0.2) is 16.1 Å². The van der Waals surface area contributed by atoms with Crippen molar-refractivity contribution in [3.05, 3.63) is 29.3 Å². The number of fused-ring (bicyclic) bond motifs is 1. The van der Waals surface area contributed by atoms with Gasteiger partial charge in [-0.3, -0.25) is 4.79 Å². The lowest BCUT2D eigenvalue weighted by Crippen LogP contribution is -2.37. The van der Waals surface area contributed by atoms with E-state index in [0.717, 1.165) is 47.9 Å². The van der Waals surface area contributed by atoms with E-state index in [1.807, 2.05) is 18.2 Å². The Morgan fingerprint density at radius 1 is 1.28 bits per heavy atom. The van der Waals surface area contributed by atoms with Crippen molar-refractivity contribution in [1.29, 1.82) is 0 Å². The van der Waals surface area contributed by atoms with E-state index in [0.29, 0.717) is 0 Å². The molecule has 1 aromatic heterocycles. The summed E-state index contributed by atoms with van der Waals surface area (Å²) in [6.07, 6.45) is 4.65. The molecule has 1 saturated carbocycles. The van der Waals surface area contributed by atoms with Crippen molar-refractivity contribution < 1.29 is 9.90 Å². The summed E-state index contributed by atoms with van der Waals surface area (Å²) in [6, 6.07) is 5.85. The Kier molecular flexibility index (Phi) is 2.82. The average molecular weight is 261 g/mol. The summed E-state index contributed by atoms with van der Waals surface area (Å²) in [6.45, 7) is 0. The number of hydrogen-bond acceptors (Lipinski definition) is 3. The predicted octanol–water partition coefficient (Wildman–Crippen LogP) is 3.58. The maximum atomic E-state index is 11.8. The molecular weight excluding hydrogens is 246 g/mol. The van der Waals surface area contributed by atoms with E-state index in [9.17, 15) is 9.90 Å². The van der Waals surface area contributed by atoms with Gasteiger partial charge in [0.1, 0.15) is 0 Å². The van der Waals surface area contributed by atoms with Gasteiger partial charge < -0.3 is 5.11 Å². The minimum absolute atomic E-state index is 0.678. The number of carboxylic acids is 1. The fourth-order valence-corrected chi connectivity index (χ4v) is 3.92. The topological polar surface area (TPSA) is 50.2 Å². The lowest BCUT2D eigenvalue weighted by atomic mass is 9.69. The van der Waals surface area contributed by atoms with Crippen molar-refractivity contribution >= 4 is 27.5 Å². The summed E-state index contributed by atoms with van der Waals surface area (Å²) in [7, 11) is 0. The number of thiazole rings is 1. The fraction of sp³-hybridized carbons (Fsp3) is 0.429. The molecule has 0 radical (unpaired) electrons. The molecule has 0 atom stereocenters. The summed E-state index contributed by atoms with van der Waals surface area (Å²) < 4.78 is 1.04. The zero-order valence-corrected chi connectivity index (χ0v) is 10.9. The van der Waals surface area contributed by atoms with Crippen LogP contribution in [0.15, 0.2) is 23.7 Å². The Bertz CT molecular complexity index is 584. The molecule has 1 aliphatic carbocycles. The first kappa shape index (κ1) is 11.7. The summed E-state index contributed by atoms with van der Waals surface area (Å²) in [4.78, 5) is 16.1. The molecule has 1 aromatic carbocycles. The number of aliphatic carboxylic acids is 1. The Hall–Kier alpha value is -1.42. The van der Waals surface area contributed by atoms with Gasteiger partial charge in [-0.15, -0.1) is 11.3 Å². The zero-order valence-electron chi connectivity index (χ0n) is 10.1. The van der Waals surface area contributed by atoms with Gasteiger partial charge in [0.25, 0.3) is 0 Å². The number of hydrogen-bond donors (Lipinski definition) is 1. The first-order chi connectivity index (χ1) is 8.74.